The first-order chi connectivity index (χ1) is 11.1. The lowest BCUT2D eigenvalue weighted by Crippen LogP contribution is -2.29. The molecule has 23 heavy (non-hydrogen) atoms. The van der Waals surface area contributed by atoms with Crippen molar-refractivity contribution in [2.24, 2.45) is 0 Å². The molecule has 0 bridgehead atoms. The van der Waals surface area contributed by atoms with E-state index in [9.17, 15) is 9.59 Å². The number of para-hydroxylation sites is 1. The molecule has 1 unspecified atom stereocenters. The number of hydrogen-bond acceptors (Lipinski definition) is 3. The molecule has 0 saturated carbocycles. The number of ether oxygens (including phenoxy) is 1. The van der Waals surface area contributed by atoms with E-state index in [0.717, 1.165) is 37.7 Å². The van der Waals surface area contributed by atoms with Gasteiger partial charge in [0.1, 0.15) is 0 Å². The summed E-state index contributed by atoms with van der Waals surface area (Å²) in [6.45, 7) is 1.53. The van der Waals surface area contributed by atoms with E-state index in [-0.39, 0.29) is 11.5 Å². The summed E-state index contributed by atoms with van der Waals surface area (Å²) >= 11 is 0. The van der Waals surface area contributed by atoms with Crippen molar-refractivity contribution < 1.29 is 9.53 Å². The van der Waals surface area contributed by atoms with E-state index < -0.39 is 0 Å². The molecule has 1 fully saturated rings. The van der Waals surface area contributed by atoms with Gasteiger partial charge in [-0.15, -0.1) is 0 Å². The molecule has 2 aromatic rings. The second kappa shape index (κ2) is 6.96. The molecule has 5 heteroatoms. The molecule has 5 nitrogen and oxygen atoms in total. The minimum absolute atomic E-state index is 0.111. The third-order valence-electron chi connectivity index (χ3n) is 4.37. The maximum absolute atomic E-state index is 12.7. The van der Waals surface area contributed by atoms with Gasteiger partial charge in [0.2, 0.25) is 5.56 Å². The van der Waals surface area contributed by atoms with Crippen molar-refractivity contribution in [2.45, 2.75) is 31.8 Å². The number of fused-ring (bicyclic) bond motifs is 1. The largest absolute Gasteiger partial charge is 0.378 e. The van der Waals surface area contributed by atoms with Gasteiger partial charge in [-0.3, -0.25) is 9.59 Å². The van der Waals surface area contributed by atoms with Gasteiger partial charge in [-0.05, 0) is 31.7 Å². The van der Waals surface area contributed by atoms with Crippen LogP contribution in [0, 0.1) is 0 Å². The van der Waals surface area contributed by atoms with Crippen molar-refractivity contribution in [3.63, 3.8) is 0 Å². The Morgan fingerprint density at radius 1 is 1.39 bits per heavy atom. The normalized spacial score (nSPS) is 17.5. The van der Waals surface area contributed by atoms with E-state index in [4.69, 9.17) is 4.74 Å². The number of amides is 1. The molecule has 1 atom stereocenters. The molecule has 3 rings (SSSR count). The van der Waals surface area contributed by atoms with Crippen LogP contribution in [0.25, 0.3) is 10.9 Å². The number of aromatic amines is 1. The third-order valence-corrected chi connectivity index (χ3v) is 4.37. The highest BCUT2D eigenvalue weighted by molar-refractivity contribution is 6.05. The van der Waals surface area contributed by atoms with Crippen molar-refractivity contribution in [1.82, 2.24) is 9.88 Å². The molecule has 1 saturated heterocycles. The van der Waals surface area contributed by atoms with Crippen LogP contribution in [0.15, 0.2) is 35.1 Å². The van der Waals surface area contributed by atoms with Gasteiger partial charge >= 0.3 is 0 Å². The van der Waals surface area contributed by atoms with Gasteiger partial charge in [0.25, 0.3) is 5.91 Å². The number of H-pyrrole nitrogens is 1. The fraction of sp³-hybridized carbons (Fsp3) is 0.444. The van der Waals surface area contributed by atoms with Gasteiger partial charge in [-0.1, -0.05) is 18.2 Å². The number of carbonyl (C=O) groups excluding carboxylic acids is 1. The van der Waals surface area contributed by atoms with Gasteiger partial charge in [-0.2, -0.15) is 0 Å². The standard InChI is InChI=1S/C18H22N2O3/c1-20(10-4-6-13-7-5-11-23-13)18(22)15-12-17(21)19-16-9-3-2-8-14(15)16/h2-3,8-9,12-13H,4-7,10-11H2,1H3,(H,19,21). The summed E-state index contributed by atoms with van der Waals surface area (Å²) in [6, 6.07) is 8.78. The highest BCUT2D eigenvalue weighted by Gasteiger charge is 2.18. The molecule has 0 aliphatic carbocycles. The fourth-order valence-electron chi connectivity index (χ4n) is 3.12. The van der Waals surface area contributed by atoms with Crippen molar-refractivity contribution in [1.29, 1.82) is 0 Å². The van der Waals surface area contributed by atoms with Crippen LogP contribution in [0.2, 0.25) is 0 Å². The summed E-state index contributed by atoms with van der Waals surface area (Å²) in [6.07, 6.45) is 4.50. The Bertz CT molecular complexity index is 747. The van der Waals surface area contributed by atoms with E-state index in [1.807, 2.05) is 24.3 Å². The molecular weight excluding hydrogens is 292 g/mol. The van der Waals surface area contributed by atoms with Crippen molar-refractivity contribution in [2.75, 3.05) is 20.2 Å². The van der Waals surface area contributed by atoms with Gasteiger partial charge in [-0.25, -0.2) is 0 Å². The van der Waals surface area contributed by atoms with E-state index in [2.05, 4.69) is 4.98 Å². The lowest BCUT2D eigenvalue weighted by molar-refractivity contribution is 0.0764. The van der Waals surface area contributed by atoms with Gasteiger partial charge < -0.3 is 14.6 Å². The fourth-order valence-corrected chi connectivity index (χ4v) is 3.12. The summed E-state index contributed by atoms with van der Waals surface area (Å²) in [5.74, 6) is -0.111. The average Bonchev–Trinajstić information content (AvgIpc) is 3.06. The lowest BCUT2D eigenvalue weighted by Gasteiger charge is -2.19. The molecule has 1 aromatic heterocycles. The van der Waals surface area contributed by atoms with Gasteiger partial charge in [0, 0.05) is 37.2 Å². The predicted molar refractivity (Wildman–Crippen MR) is 89.7 cm³/mol. The van der Waals surface area contributed by atoms with E-state index in [1.165, 1.54) is 6.07 Å². The topological polar surface area (TPSA) is 62.4 Å². The van der Waals surface area contributed by atoms with Crippen LogP contribution in [0.5, 0.6) is 0 Å². The van der Waals surface area contributed by atoms with E-state index in [0.29, 0.717) is 23.7 Å². The minimum atomic E-state index is -0.250. The average molecular weight is 314 g/mol. The number of rotatable bonds is 5. The zero-order chi connectivity index (χ0) is 16.2. The Labute approximate surface area is 135 Å². The molecule has 122 valence electrons. The number of carbonyl (C=O) groups is 1. The molecule has 2 heterocycles. The highest BCUT2D eigenvalue weighted by atomic mass is 16.5. The summed E-state index contributed by atoms with van der Waals surface area (Å²) < 4.78 is 5.60. The second-order valence-electron chi connectivity index (χ2n) is 6.10. The SMILES string of the molecule is CN(CCCC1CCCO1)C(=O)c1cc(=O)[nH]c2ccccc12. The summed E-state index contributed by atoms with van der Waals surface area (Å²) in [7, 11) is 1.79. The zero-order valence-corrected chi connectivity index (χ0v) is 13.4. The molecule has 1 N–H and O–H groups in total. The maximum atomic E-state index is 12.7. The van der Waals surface area contributed by atoms with Crippen LogP contribution in [0.4, 0.5) is 0 Å². The molecule has 0 radical (unpaired) electrons. The Morgan fingerprint density at radius 3 is 3.00 bits per heavy atom. The first-order valence-corrected chi connectivity index (χ1v) is 8.14. The van der Waals surface area contributed by atoms with Gasteiger partial charge in [0.15, 0.2) is 0 Å². The Morgan fingerprint density at radius 2 is 2.22 bits per heavy atom. The van der Waals surface area contributed by atoms with Crippen LogP contribution < -0.4 is 5.56 Å². The summed E-state index contributed by atoms with van der Waals surface area (Å²) in [5, 5.41) is 0.781. The lowest BCUT2D eigenvalue weighted by atomic mass is 10.1. The smallest absolute Gasteiger partial charge is 0.254 e. The van der Waals surface area contributed by atoms with Gasteiger partial charge in [0.05, 0.1) is 11.7 Å². The first-order valence-electron chi connectivity index (χ1n) is 8.14. The van der Waals surface area contributed by atoms with Crippen LogP contribution >= 0.6 is 0 Å². The second-order valence-corrected chi connectivity index (χ2v) is 6.10. The number of pyridine rings is 1. The summed E-state index contributed by atoms with van der Waals surface area (Å²) in [5.41, 5.74) is 0.903. The quantitative estimate of drug-likeness (QED) is 0.922. The Hall–Kier alpha value is -2.14. The monoisotopic (exact) mass is 314 g/mol. The van der Waals surface area contributed by atoms with Crippen LogP contribution in [0.3, 0.4) is 0 Å². The van der Waals surface area contributed by atoms with E-state index >= 15 is 0 Å². The molecule has 1 aliphatic heterocycles. The maximum Gasteiger partial charge on any atom is 0.254 e. The molecular formula is C18H22N2O3. The number of hydrogen-bond donors (Lipinski definition) is 1. The van der Waals surface area contributed by atoms with Crippen molar-refractivity contribution >= 4 is 16.8 Å². The zero-order valence-electron chi connectivity index (χ0n) is 13.4. The number of nitrogens with one attached hydrogen (secondary N) is 1. The predicted octanol–water partition coefficient (Wildman–Crippen LogP) is 2.56. The third kappa shape index (κ3) is 3.62. The van der Waals surface area contributed by atoms with Crippen LogP contribution in [0.1, 0.15) is 36.0 Å². The minimum Gasteiger partial charge on any atom is -0.378 e. The molecule has 1 aromatic carbocycles. The van der Waals surface area contributed by atoms with Crippen molar-refractivity contribution in [3.05, 3.63) is 46.2 Å². The first kappa shape index (κ1) is 15.7. The van der Waals surface area contributed by atoms with Crippen LogP contribution in [-0.4, -0.2) is 42.1 Å². The highest BCUT2D eigenvalue weighted by Crippen LogP contribution is 2.18. The number of nitrogens with zero attached hydrogens (tertiary/aromatic N) is 1. The number of benzene rings is 1. The Kier molecular flexibility index (Phi) is 4.76. The van der Waals surface area contributed by atoms with Crippen LogP contribution in [-0.2, 0) is 4.74 Å². The molecule has 1 aliphatic rings. The Balaban J connectivity index is 1.70. The van der Waals surface area contributed by atoms with E-state index in [1.54, 1.807) is 11.9 Å². The molecule has 1 amide bonds. The summed E-state index contributed by atoms with van der Waals surface area (Å²) in [4.78, 5) is 28.9. The molecule has 0 spiro atoms. The number of aromatic nitrogens is 1. The van der Waals surface area contributed by atoms with Crippen molar-refractivity contribution in [3.8, 4) is 0 Å².